The second-order valence-electron chi connectivity index (χ2n) is 4.79. The average molecular weight is 360 g/mol. The van der Waals surface area contributed by atoms with Crippen molar-refractivity contribution in [3.05, 3.63) is 46.5 Å². The van der Waals surface area contributed by atoms with E-state index in [1.807, 2.05) is 0 Å². The van der Waals surface area contributed by atoms with E-state index in [4.69, 9.17) is 9.47 Å². The predicted octanol–water partition coefficient (Wildman–Crippen LogP) is 2.05. The van der Waals surface area contributed by atoms with Crippen molar-refractivity contribution in [1.82, 2.24) is 0 Å². The molecular weight excluding hydrogens is 344 g/mol. The molecule has 2 aromatic carbocycles. The van der Waals surface area contributed by atoms with Crippen molar-refractivity contribution in [2.24, 2.45) is 0 Å². The Balaban J connectivity index is 0.000000260. The number of aromatic hydroxyl groups is 2. The lowest BCUT2D eigenvalue weighted by atomic mass is 10.1. The van der Waals surface area contributed by atoms with Crippen molar-refractivity contribution in [2.45, 2.75) is 0 Å². The van der Waals surface area contributed by atoms with E-state index in [-0.39, 0.29) is 45.3 Å². The van der Waals surface area contributed by atoms with Gasteiger partial charge in [0.25, 0.3) is 0 Å². The molecule has 2 N–H and O–H groups in total. The minimum atomic E-state index is -0.247. The van der Waals surface area contributed by atoms with Gasteiger partial charge in [-0.2, -0.15) is 0 Å². The van der Waals surface area contributed by atoms with Crippen molar-refractivity contribution >= 4 is 25.1 Å². The van der Waals surface area contributed by atoms with E-state index >= 15 is 0 Å². The molecule has 0 fully saturated rings. The van der Waals surface area contributed by atoms with Gasteiger partial charge in [-0.15, -0.1) is 0 Å². The van der Waals surface area contributed by atoms with Crippen LogP contribution >= 0.6 is 0 Å². The number of carbonyl (C=O) groups excluding carboxylic acids is 4. The van der Waals surface area contributed by atoms with Crippen molar-refractivity contribution in [1.29, 1.82) is 0 Å². The van der Waals surface area contributed by atoms with Gasteiger partial charge in [-0.25, -0.2) is 0 Å². The summed E-state index contributed by atoms with van der Waals surface area (Å²) >= 11 is 0. The molecule has 0 unspecified atom stereocenters. The Morgan fingerprint density at radius 2 is 1.27 bits per heavy atom. The number of carbonyl (C=O) groups is 4. The van der Waals surface area contributed by atoms with Crippen LogP contribution in [-0.2, 0) is 0 Å². The third kappa shape index (κ3) is 4.67. The minimum absolute atomic E-state index is 0.0430. The van der Waals surface area contributed by atoms with Crippen LogP contribution in [0.15, 0.2) is 24.3 Å². The largest absolute Gasteiger partial charge is 0.504 e. The first-order valence-electron chi connectivity index (χ1n) is 7.08. The number of ether oxygens (including phenoxy) is 2. The van der Waals surface area contributed by atoms with Gasteiger partial charge in [0, 0.05) is 11.1 Å². The summed E-state index contributed by atoms with van der Waals surface area (Å²) in [6.07, 6.45) is 2.11. The number of rotatable bonds is 6. The van der Waals surface area contributed by atoms with Crippen LogP contribution in [0.25, 0.3) is 0 Å². The molecule has 8 nitrogen and oxygen atoms in total. The Hall–Kier alpha value is -3.68. The number of hydrogen-bond donors (Lipinski definition) is 2. The highest BCUT2D eigenvalue weighted by atomic mass is 16.5. The van der Waals surface area contributed by atoms with Crippen LogP contribution in [0.5, 0.6) is 23.0 Å². The minimum Gasteiger partial charge on any atom is -0.504 e. The molecule has 0 aliphatic rings. The zero-order chi connectivity index (χ0) is 19.7. The summed E-state index contributed by atoms with van der Waals surface area (Å²) in [6, 6.07) is 5.23. The quantitative estimate of drug-likeness (QED) is 0.749. The molecule has 0 aliphatic heterocycles. The van der Waals surface area contributed by atoms with Gasteiger partial charge in [0.15, 0.2) is 35.6 Å². The summed E-state index contributed by atoms with van der Waals surface area (Å²) < 4.78 is 9.53. The maximum Gasteiger partial charge on any atom is 0.171 e. The molecule has 0 aromatic heterocycles. The third-order valence-corrected chi connectivity index (χ3v) is 3.20. The molecule has 0 radical (unpaired) electrons. The monoisotopic (exact) mass is 360 g/mol. The Bertz CT molecular complexity index is 826. The Kier molecular flexibility index (Phi) is 7.50. The van der Waals surface area contributed by atoms with Crippen LogP contribution in [0.2, 0.25) is 0 Å². The highest BCUT2D eigenvalue weighted by Crippen LogP contribution is 2.30. The molecule has 0 saturated carbocycles. The van der Waals surface area contributed by atoms with Crippen LogP contribution < -0.4 is 9.47 Å². The van der Waals surface area contributed by atoms with Gasteiger partial charge in [0.2, 0.25) is 0 Å². The second-order valence-corrected chi connectivity index (χ2v) is 4.79. The molecule has 0 saturated heterocycles. The summed E-state index contributed by atoms with van der Waals surface area (Å²) in [7, 11) is 2.68. The fraction of sp³-hybridized carbons (Fsp3) is 0.111. The standard InChI is InChI=1S/2C9H8O4/c1-13-8-3-6(4-10)2-7(5-11)9(8)12;1-13-9-7(5-11)2-6(4-10)3-8(9)12/h2*2-5,12H,1H3. The van der Waals surface area contributed by atoms with Crippen molar-refractivity contribution < 1.29 is 38.9 Å². The Morgan fingerprint density at radius 1 is 0.731 bits per heavy atom. The zero-order valence-corrected chi connectivity index (χ0v) is 14.0. The average Bonchev–Trinajstić information content (AvgIpc) is 2.67. The lowest BCUT2D eigenvalue weighted by Crippen LogP contribution is -1.93. The number of hydrogen-bond acceptors (Lipinski definition) is 8. The van der Waals surface area contributed by atoms with E-state index in [0.29, 0.717) is 25.1 Å². The molecule has 0 heterocycles. The number of benzene rings is 2. The van der Waals surface area contributed by atoms with Gasteiger partial charge in [-0.3, -0.25) is 19.2 Å². The summed E-state index contributed by atoms with van der Waals surface area (Å²) in [5.41, 5.74) is 0.725. The van der Waals surface area contributed by atoms with Gasteiger partial charge in [-0.05, 0) is 24.3 Å². The van der Waals surface area contributed by atoms with E-state index in [0.717, 1.165) is 0 Å². The molecule has 0 spiro atoms. The van der Waals surface area contributed by atoms with E-state index in [1.54, 1.807) is 0 Å². The first kappa shape index (κ1) is 20.4. The number of phenolic OH excluding ortho intramolecular Hbond substituents is 2. The number of aldehydes is 4. The molecule has 136 valence electrons. The van der Waals surface area contributed by atoms with Crippen molar-refractivity contribution in [2.75, 3.05) is 14.2 Å². The Labute approximate surface area is 148 Å². The van der Waals surface area contributed by atoms with Crippen LogP contribution in [0.1, 0.15) is 41.4 Å². The van der Waals surface area contributed by atoms with E-state index in [2.05, 4.69) is 0 Å². The van der Waals surface area contributed by atoms with Crippen molar-refractivity contribution in [3.8, 4) is 23.0 Å². The number of methoxy groups -OCH3 is 2. The van der Waals surface area contributed by atoms with Gasteiger partial charge >= 0.3 is 0 Å². The lowest BCUT2D eigenvalue weighted by molar-refractivity contribution is 0.110. The topological polar surface area (TPSA) is 127 Å². The molecular formula is C18H16O8. The van der Waals surface area contributed by atoms with E-state index in [9.17, 15) is 29.4 Å². The SMILES string of the molecule is COc1c(O)cc(C=O)cc1C=O.COc1cc(C=O)cc(C=O)c1O. The Morgan fingerprint density at radius 3 is 1.73 bits per heavy atom. The first-order valence-corrected chi connectivity index (χ1v) is 7.08. The van der Waals surface area contributed by atoms with Gasteiger partial charge < -0.3 is 19.7 Å². The maximum atomic E-state index is 10.5. The fourth-order valence-electron chi connectivity index (χ4n) is 2.00. The van der Waals surface area contributed by atoms with E-state index in [1.165, 1.54) is 38.5 Å². The third-order valence-electron chi connectivity index (χ3n) is 3.20. The van der Waals surface area contributed by atoms with Gasteiger partial charge in [0.05, 0.1) is 25.3 Å². The summed E-state index contributed by atoms with van der Waals surface area (Å²) in [5.74, 6) is -0.260. The molecule has 0 atom stereocenters. The molecule has 0 amide bonds. The zero-order valence-electron chi connectivity index (χ0n) is 14.0. The van der Waals surface area contributed by atoms with Gasteiger partial charge in [0.1, 0.15) is 12.6 Å². The second kappa shape index (κ2) is 9.58. The van der Waals surface area contributed by atoms with Crippen LogP contribution in [-0.4, -0.2) is 49.6 Å². The van der Waals surface area contributed by atoms with E-state index < -0.39 is 0 Å². The summed E-state index contributed by atoms with van der Waals surface area (Å²) in [4.78, 5) is 41.7. The predicted molar refractivity (Wildman–Crippen MR) is 90.9 cm³/mol. The lowest BCUT2D eigenvalue weighted by Gasteiger charge is -2.05. The van der Waals surface area contributed by atoms with Crippen molar-refractivity contribution in [3.63, 3.8) is 0 Å². The van der Waals surface area contributed by atoms with Gasteiger partial charge in [-0.1, -0.05) is 0 Å². The molecule has 2 rings (SSSR count). The molecule has 2 aromatic rings. The first-order chi connectivity index (χ1) is 12.4. The molecule has 8 heteroatoms. The van der Waals surface area contributed by atoms with Crippen LogP contribution in [0.4, 0.5) is 0 Å². The smallest absolute Gasteiger partial charge is 0.171 e. The molecule has 26 heavy (non-hydrogen) atoms. The van der Waals surface area contributed by atoms with Crippen LogP contribution in [0, 0.1) is 0 Å². The fourth-order valence-corrected chi connectivity index (χ4v) is 2.00. The summed E-state index contributed by atoms with van der Waals surface area (Å²) in [6.45, 7) is 0. The highest BCUT2D eigenvalue weighted by Gasteiger charge is 2.10. The van der Waals surface area contributed by atoms with Crippen LogP contribution in [0.3, 0.4) is 0 Å². The normalized spacial score (nSPS) is 9.31. The maximum absolute atomic E-state index is 10.5. The molecule has 0 aliphatic carbocycles. The molecule has 0 bridgehead atoms. The highest BCUT2D eigenvalue weighted by molar-refractivity contribution is 5.87. The number of phenols is 2. The summed E-state index contributed by atoms with van der Waals surface area (Å²) in [5, 5.41) is 18.6.